The smallest absolute Gasteiger partial charge is 0.0234 e. The van der Waals surface area contributed by atoms with Gasteiger partial charge in [-0.25, -0.2) is 0 Å². The number of hydrogen-bond donors (Lipinski definition) is 0. The first-order valence-electron chi connectivity index (χ1n) is 8.76. The molecule has 0 radical (unpaired) electrons. The second-order valence-electron chi connectivity index (χ2n) is 6.71. The summed E-state index contributed by atoms with van der Waals surface area (Å²) in [5.41, 5.74) is 4.32. The monoisotopic (exact) mass is 313 g/mol. The molecule has 0 spiro atoms. The lowest BCUT2D eigenvalue weighted by Gasteiger charge is -2.19. The number of nitrogens with zero attached hydrogens (tertiary/aromatic N) is 1. The predicted octanol–water partition coefficient (Wildman–Crippen LogP) is 5.07. The molecule has 0 N–H and O–H groups in total. The molecule has 24 heavy (non-hydrogen) atoms. The summed E-state index contributed by atoms with van der Waals surface area (Å²) >= 11 is 0. The van der Waals surface area contributed by atoms with E-state index >= 15 is 0 Å². The molecule has 1 nitrogen and oxygen atoms in total. The first-order valence-corrected chi connectivity index (χ1v) is 8.76. The average Bonchev–Trinajstić information content (AvgIpc) is 3.08. The molecule has 1 saturated heterocycles. The SMILES string of the molecule is c1ccc(CN2C[C@H](c3ccccc3)[C@@H](c3ccccc3)C2)cc1. The number of likely N-dealkylation sites (tertiary alicyclic amines) is 1. The zero-order valence-corrected chi connectivity index (χ0v) is 13.9. The molecule has 0 bridgehead atoms. The Hall–Kier alpha value is -2.38. The summed E-state index contributed by atoms with van der Waals surface area (Å²) in [7, 11) is 0. The number of benzene rings is 3. The summed E-state index contributed by atoms with van der Waals surface area (Å²) in [6, 6.07) is 32.8. The lowest BCUT2D eigenvalue weighted by Crippen LogP contribution is -2.20. The van der Waals surface area contributed by atoms with Crippen molar-refractivity contribution in [1.29, 1.82) is 0 Å². The Morgan fingerprint density at radius 2 is 1.00 bits per heavy atom. The van der Waals surface area contributed by atoms with Crippen molar-refractivity contribution in [1.82, 2.24) is 4.90 Å². The molecular formula is C23H23N. The molecule has 0 aliphatic carbocycles. The van der Waals surface area contributed by atoms with Crippen LogP contribution in [0.2, 0.25) is 0 Å². The maximum absolute atomic E-state index is 2.60. The minimum absolute atomic E-state index is 0.567. The van der Waals surface area contributed by atoms with Crippen LogP contribution in [0.3, 0.4) is 0 Å². The van der Waals surface area contributed by atoms with E-state index in [0.29, 0.717) is 11.8 Å². The molecule has 0 saturated carbocycles. The van der Waals surface area contributed by atoms with E-state index in [1.165, 1.54) is 16.7 Å². The van der Waals surface area contributed by atoms with Crippen LogP contribution < -0.4 is 0 Å². The van der Waals surface area contributed by atoms with Gasteiger partial charge in [0.1, 0.15) is 0 Å². The molecule has 120 valence electrons. The summed E-state index contributed by atoms with van der Waals surface area (Å²) in [5, 5.41) is 0. The molecule has 0 aromatic heterocycles. The van der Waals surface area contributed by atoms with Crippen molar-refractivity contribution >= 4 is 0 Å². The molecule has 1 heteroatoms. The van der Waals surface area contributed by atoms with Crippen LogP contribution in [0.1, 0.15) is 28.5 Å². The Morgan fingerprint density at radius 1 is 0.583 bits per heavy atom. The summed E-state index contributed by atoms with van der Waals surface area (Å²) in [5.74, 6) is 1.13. The van der Waals surface area contributed by atoms with Crippen molar-refractivity contribution in [2.75, 3.05) is 13.1 Å². The van der Waals surface area contributed by atoms with E-state index in [9.17, 15) is 0 Å². The minimum atomic E-state index is 0.567. The molecule has 4 rings (SSSR count). The minimum Gasteiger partial charge on any atom is -0.298 e. The van der Waals surface area contributed by atoms with Crippen LogP contribution in [0, 0.1) is 0 Å². The average molecular weight is 313 g/mol. The zero-order valence-electron chi connectivity index (χ0n) is 13.9. The molecule has 0 amide bonds. The first-order chi connectivity index (χ1) is 11.9. The summed E-state index contributed by atoms with van der Waals surface area (Å²) in [6.07, 6.45) is 0. The molecule has 2 atom stereocenters. The standard InChI is InChI=1S/C23H23N/c1-4-10-19(11-5-1)16-24-17-22(20-12-6-2-7-13-20)23(18-24)21-14-8-3-9-15-21/h1-15,22-23H,16-18H2/t22-,23-/m1/s1. The van der Waals surface area contributed by atoms with E-state index in [-0.39, 0.29) is 0 Å². The van der Waals surface area contributed by atoms with Gasteiger partial charge in [0.2, 0.25) is 0 Å². The normalized spacial score (nSPS) is 21.0. The van der Waals surface area contributed by atoms with Gasteiger partial charge in [0.15, 0.2) is 0 Å². The van der Waals surface area contributed by atoms with Gasteiger partial charge in [0.25, 0.3) is 0 Å². The van der Waals surface area contributed by atoms with Gasteiger partial charge in [-0.1, -0.05) is 91.0 Å². The number of rotatable bonds is 4. The molecule has 3 aromatic rings. The van der Waals surface area contributed by atoms with E-state index in [1.807, 2.05) is 0 Å². The largest absolute Gasteiger partial charge is 0.298 e. The lowest BCUT2D eigenvalue weighted by atomic mass is 9.84. The fourth-order valence-electron chi connectivity index (χ4n) is 3.93. The predicted molar refractivity (Wildman–Crippen MR) is 100 cm³/mol. The van der Waals surface area contributed by atoms with E-state index in [2.05, 4.69) is 95.9 Å². The number of hydrogen-bond acceptors (Lipinski definition) is 1. The van der Waals surface area contributed by atoms with Crippen LogP contribution in [-0.2, 0) is 6.54 Å². The van der Waals surface area contributed by atoms with Crippen LogP contribution in [0.15, 0.2) is 91.0 Å². The third-order valence-corrected chi connectivity index (χ3v) is 5.10. The van der Waals surface area contributed by atoms with Crippen LogP contribution in [0.4, 0.5) is 0 Å². The summed E-state index contributed by atoms with van der Waals surface area (Å²) < 4.78 is 0. The van der Waals surface area contributed by atoms with Crippen molar-refractivity contribution in [3.8, 4) is 0 Å². The molecule has 1 aliphatic heterocycles. The Kier molecular flexibility index (Phi) is 4.44. The maximum atomic E-state index is 2.60. The van der Waals surface area contributed by atoms with Gasteiger partial charge in [-0.05, 0) is 16.7 Å². The second-order valence-corrected chi connectivity index (χ2v) is 6.71. The molecule has 3 aromatic carbocycles. The topological polar surface area (TPSA) is 3.24 Å². The third-order valence-electron chi connectivity index (χ3n) is 5.10. The highest BCUT2D eigenvalue weighted by Gasteiger charge is 2.34. The van der Waals surface area contributed by atoms with Crippen molar-refractivity contribution in [2.24, 2.45) is 0 Å². The Bertz CT molecular complexity index is 704. The fraction of sp³-hybridized carbons (Fsp3) is 0.217. The highest BCUT2D eigenvalue weighted by molar-refractivity contribution is 5.31. The van der Waals surface area contributed by atoms with E-state index in [4.69, 9.17) is 0 Å². The van der Waals surface area contributed by atoms with Crippen molar-refractivity contribution in [3.63, 3.8) is 0 Å². The van der Waals surface area contributed by atoms with E-state index < -0.39 is 0 Å². The Morgan fingerprint density at radius 3 is 1.46 bits per heavy atom. The first kappa shape index (κ1) is 15.2. The van der Waals surface area contributed by atoms with Crippen LogP contribution >= 0.6 is 0 Å². The Labute approximate surface area is 144 Å². The highest BCUT2D eigenvalue weighted by Crippen LogP contribution is 2.40. The summed E-state index contributed by atoms with van der Waals surface area (Å²) in [4.78, 5) is 2.60. The van der Waals surface area contributed by atoms with Crippen molar-refractivity contribution in [2.45, 2.75) is 18.4 Å². The highest BCUT2D eigenvalue weighted by atomic mass is 15.2. The van der Waals surface area contributed by atoms with Crippen LogP contribution in [0.5, 0.6) is 0 Å². The van der Waals surface area contributed by atoms with Gasteiger partial charge in [-0.15, -0.1) is 0 Å². The van der Waals surface area contributed by atoms with E-state index in [0.717, 1.165) is 19.6 Å². The maximum Gasteiger partial charge on any atom is 0.0234 e. The molecule has 1 heterocycles. The van der Waals surface area contributed by atoms with E-state index in [1.54, 1.807) is 0 Å². The lowest BCUT2D eigenvalue weighted by molar-refractivity contribution is 0.324. The quantitative estimate of drug-likeness (QED) is 0.650. The van der Waals surface area contributed by atoms with Gasteiger partial charge >= 0.3 is 0 Å². The van der Waals surface area contributed by atoms with Gasteiger partial charge in [-0.2, -0.15) is 0 Å². The second kappa shape index (κ2) is 7.02. The van der Waals surface area contributed by atoms with Gasteiger partial charge in [0, 0.05) is 31.5 Å². The van der Waals surface area contributed by atoms with Crippen molar-refractivity contribution < 1.29 is 0 Å². The van der Waals surface area contributed by atoms with Crippen LogP contribution in [-0.4, -0.2) is 18.0 Å². The third kappa shape index (κ3) is 3.27. The van der Waals surface area contributed by atoms with Gasteiger partial charge in [0.05, 0.1) is 0 Å². The van der Waals surface area contributed by atoms with Crippen LogP contribution in [0.25, 0.3) is 0 Å². The molecule has 0 unspecified atom stereocenters. The van der Waals surface area contributed by atoms with Gasteiger partial charge < -0.3 is 0 Å². The Balaban J connectivity index is 1.60. The van der Waals surface area contributed by atoms with Crippen molar-refractivity contribution in [3.05, 3.63) is 108 Å². The fourth-order valence-corrected chi connectivity index (χ4v) is 3.93. The summed E-state index contributed by atoms with van der Waals surface area (Å²) in [6.45, 7) is 3.28. The van der Waals surface area contributed by atoms with Gasteiger partial charge in [-0.3, -0.25) is 4.90 Å². The molecule has 1 aliphatic rings. The zero-order chi connectivity index (χ0) is 16.2. The molecular weight excluding hydrogens is 290 g/mol. The molecule has 1 fully saturated rings.